The van der Waals surface area contributed by atoms with Gasteiger partial charge in [0.05, 0.1) is 0 Å². The fourth-order valence-corrected chi connectivity index (χ4v) is 1.63. The lowest BCUT2D eigenvalue weighted by Gasteiger charge is -2.28. The summed E-state index contributed by atoms with van der Waals surface area (Å²) < 4.78 is 91.0. The highest BCUT2D eigenvalue weighted by Gasteiger charge is 2.50. The highest BCUT2D eigenvalue weighted by Crippen LogP contribution is 2.38. The second-order valence-electron chi connectivity index (χ2n) is 4.15. The number of alkyl halides is 4. The molecule has 0 fully saturated rings. The van der Waals surface area contributed by atoms with Crippen molar-refractivity contribution in [2.24, 2.45) is 0 Å². The third kappa shape index (κ3) is 3.41. The van der Waals surface area contributed by atoms with E-state index in [2.05, 4.69) is 0 Å². The first-order valence-corrected chi connectivity index (χ1v) is 5.75. The molecule has 0 aliphatic rings. The molecule has 8 heteroatoms. The normalized spacial score (nSPS) is 13.8. The molecule has 0 aromatic heterocycles. The largest absolute Gasteiger partial charge is 0.326 e. The maximum absolute atomic E-state index is 13.5. The summed E-state index contributed by atoms with van der Waals surface area (Å²) in [4.78, 5) is 0. The van der Waals surface area contributed by atoms with E-state index in [0.29, 0.717) is 6.42 Å². The summed E-state index contributed by atoms with van der Waals surface area (Å²) in [5, 5.41) is 2.04. The first kappa shape index (κ1) is 16.7. The van der Waals surface area contributed by atoms with Crippen LogP contribution in [0.3, 0.4) is 0 Å². The first-order chi connectivity index (χ1) is 9.21. The van der Waals surface area contributed by atoms with Gasteiger partial charge >= 0.3 is 12.3 Å². The lowest BCUT2D eigenvalue weighted by atomic mass is 9.99. The van der Waals surface area contributed by atoms with Crippen molar-refractivity contribution in [3.05, 3.63) is 35.1 Å². The molecule has 1 atom stereocenters. The van der Waals surface area contributed by atoms with E-state index in [9.17, 15) is 30.7 Å². The van der Waals surface area contributed by atoms with Gasteiger partial charge in [-0.3, -0.25) is 0 Å². The molecule has 20 heavy (non-hydrogen) atoms. The van der Waals surface area contributed by atoms with Crippen LogP contribution in [-0.2, 0) is 0 Å². The summed E-state index contributed by atoms with van der Waals surface area (Å²) in [7, 11) is 0. The Bertz CT molecular complexity index is 461. The monoisotopic (exact) mass is 303 g/mol. The topological polar surface area (TPSA) is 12.0 Å². The van der Waals surface area contributed by atoms with Gasteiger partial charge in [0.15, 0.2) is 11.6 Å². The van der Waals surface area contributed by atoms with Gasteiger partial charge < -0.3 is 5.32 Å². The molecule has 0 saturated heterocycles. The summed E-state index contributed by atoms with van der Waals surface area (Å²) >= 11 is 0. The van der Waals surface area contributed by atoms with Gasteiger partial charge in [0, 0.05) is 11.6 Å². The summed E-state index contributed by atoms with van der Waals surface area (Å²) in [5.41, 5.74) is -1.04. The Labute approximate surface area is 110 Å². The van der Waals surface area contributed by atoms with Crippen molar-refractivity contribution in [1.82, 2.24) is 5.32 Å². The molecule has 1 aromatic rings. The van der Waals surface area contributed by atoms with Crippen molar-refractivity contribution in [3.8, 4) is 0 Å². The van der Waals surface area contributed by atoms with Crippen LogP contribution in [0.15, 0.2) is 12.1 Å². The molecular formula is C12H12F7N. The lowest BCUT2D eigenvalue weighted by Crippen LogP contribution is -2.43. The highest BCUT2D eigenvalue weighted by molar-refractivity contribution is 5.25. The Balaban J connectivity index is 3.27. The smallest absolute Gasteiger partial charge is 0.305 e. The quantitative estimate of drug-likeness (QED) is 0.617. The second kappa shape index (κ2) is 6.43. The zero-order valence-electron chi connectivity index (χ0n) is 10.4. The predicted octanol–water partition coefficient (Wildman–Crippen LogP) is 4.05. The molecule has 1 N–H and O–H groups in total. The maximum atomic E-state index is 13.5. The molecular weight excluding hydrogens is 291 g/mol. The summed E-state index contributed by atoms with van der Waals surface area (Å²) in [6, 6.07) is -2.24. The zero-order valence-corrected chi connectivity index (χ0v) is 10.4. The van der Waals surface area contributed by atoms with Crippen LogP contribution in [0.1, 0.15) is 24.9 Å². The summed E-state index contributed by atoms with van der Waals surface area (Å²) in [5.74, 6) is -9.31. The van der Waals surface area contributed by atoms with Crippen molar-refractivity contribution in [3.63, 3.8) is 0 Å². The number of halogens is 7. The minimum Gasteiger partial charge on any atom is -0.305 e. The summed E-state index contributed by atoms with van der Waals surface area (Å²) in [6.07, 6.45) is -3.77. The van der Waals surface area contributed by atoms with E-state index in [-0.39, 0.29) is 18.7 Å². The van der Waals surface area contributed by atoms with E-state index in [1.54, 1.807) is 6.92 Å². The Morgan fingerprint density at radius 1 is 1.05 bits per heavy atom. The van der Waals surface area contributed by atoms with Gasteiger partial charge in [-0.15, -0.1) is 0 Å². The standard InChI is InChI=1S/C12H12F7N/c1-2-3-20-10(12(18,19)11(16)17)6-4-8(14)9(15)5-7(6)13/h4-5,10-11,20H,2-3H2,1H3. The number of rotatable bonds is 6. The molecule has 1 unspecified atom stereocenters. The minimum absolute atomic E-state index is 0.0485. The molecule has 0 aliphatic heterocycles. The van der Waals surface area contributed by atoms with Crippen molar-refractivity contribution in [2.45, 2.75) is 31.7 Å². The Kier molecular flexibility index (Phi) is 5.38. The van der Waals surface area contributed by atoms with E-state index in [4.69, 9.17) is 0 Å². The van der Waals surface area contributed by atoms with Crippen molar-refractivity contribution < 1.29 is 30.7 Å². The number of hydrogen-bond donors (Lipinski definition) is 1. The van der Waals surface area contributed by atoms with Gasteiger partial charge in [0.1, 0.15) is 11.9 Å². The molecule has 1 aromatic carbocycles. The molecule has 0 heterocycles. The van der Waals surface area contributed by atoms with E-state index >= 15 is 0 Å². The minimum atomic E-state index is -4.62. The van der Waals surface area contributed by atoms with Gasteiger partial charge in [-0.05, 0) is 19.0 Å². The molecule has 0 saturated carbocycles. The van der Waals surface area contributed by atoms with Crippen LogP contribution in [0, 0.1) is 17.5 Å². The second-order valence-corrected chi connectivity index (χ2v) is 4.15. The van der Waals surface area contributed by atoms with Crippen LogP contribution in [0.5, 0.6) is 0 Å². The third-order valence-corrected chi connectivity index (χ3v) is 2.62. The van der Waals surface area contributed by atoms with Crippen LogP contribution in [-0.4, -0.2) is 18.9 Å². The highest BCUT2D eigenvalue weighted by atomic mass is 19.3. The molecule has 0 radical (unpaired) electrons. The fourth-order valence-electron chi connectivity index (χ4n) is 1.63. The third-order valence-electron chi connectivity index (χ3n) is 2.62. The number of nitrogens with one attached hydrogen (secondary N) is 1. The SMILES string of the molecule is CCCNC(c1cc(F)c(F)cc1F)C(F)(F)C(F)F. The average Bonchev–Trinajstić information content (AvgIpc) is 2.35. The molecule has 0 spiro atoms. The number of benzene rings is 1. The van der Waals surface area contributed by atoms with Crippen molar-refractivity contribution >= 4 is 0 Å². The van der Waals surface area contributed by atoms with Gasteiger partial charge in [0.2, 0.25) is 0 Å². The van der Waals surface area contributed by atoms with Crippen LogP contribution < -0.4 is 5.32 Å². The molecule has 1 rings (SSSR count). The van der Waals surface area contributed by atoms with Gasteiger partial charge in [-0.2, -0.15) is 8.78 Å². The van der Waals surface area contributed by atoms with Crippen LogP contribution in [0.2, 0.25) is 0 Å². The fraction of sp³-hybridized carbons (Fsp3) is 0.500. The van der Waals surface area contributed by atoms with Crippen LogP contribution >= 0.6 is 0 Å². The van der Waals surface area contributed by atoms with Gasteiger partial charge in [-0.1, -0.05) is 6.92 Å². The predicted molar refractivity (Wildman–Crippen MR) is 58.3 cm³/mol. The maximum Gasteiger partial charge on any atom is 0.326 e. The first-order valence-electron chi connectivity index (χ1n) is 5.75. The Morgan fingerprint density at radius 3 is 2.10 bits per heavy atom. The van der Waals surface area contributed by atoms with Gasteiger partial charge in [-0.25, -0.2) is 22.0 Å². The van der Waals surface area contributed by atoms with E-state index in [0.717, 1.165) is 0 Å². The van der Waals surface area contributed by atoms with Crippen LogP contribution in [0.4, 0.5) is 30.7 Å². The average molecular weight is 303 g/mol. The Morgan fingerprint density at radius 2 is 1.60 bits per heavy atom. The van der Waals surface area contributed by atoms with Gasteiger partial charge in [0.25, 0.3) is 0 Å². The van der Waals surface area contributed by atoms with Crippen molar-refractivity contribution in [2.75, 3.05) is 6.54 Å². The molecule has 0 amide bonds. The zero-order chi connectivity index (χ0) is 15.5. The van der Waals surface area contributed by atoms with E-state index < -0.39 is 41.4 Å². The molecule has 0 bridgehead atoms. The summed E-state index contributed by atoms with van der Waals surface area (Å²) in [6.45, 7) is 1.46. The molecule has 0 aliphatic carbocycles. The van der Waals surface area contributed by atoms with Crippen molar-refractivity contribution in [1.29, 1.82) is 0 Å². The molecule has 114 valence electrons. The van der Waals surface area contributed by atoms with E-state index in [1.165, 1.54) is 0 Å². The van der Waals surface area contributed by atoms with E-state index in [1.807, 2.05) is 5.32 Å². The number of hydrogen-bond acceptors (Lipinski definition) is 1. The Hall–Kier alpha value is -1.31. The molecule has 1 nitrogen and oxygen atoms in total. The van der Waals surface area contributed by atoms with Crippen LogP contribution in [0.25, 0.3) is 0 Å². The lowest BCUT2D eigenvalue weighted by molar-refractivity contribution is -0.152.